The molecule has 2 aliphatic rings. The summed E-state index contributed by atoms with van der Waals surface area (Å²) in [6.45, 7) is 7.85. The number of carbonyl (C=O) groups is 2. The van der Waals surface area contributed by atoms with E-state index < -0.39 is 12.1 Å². The lowest BCUT2D eigenvalue weighted by molar-refractivity contribution is -0.140. The van der Waals surface area contributed by atoms with Gasteiger partial charge in [0, 0.05) is 32.7 Å². The maximum absolute atomic E-state index is 12.2. The Morgan fingerprint density at radius 3 is 2.59 bits per heavy atom. The van der Waals surface area contributed by atoms with Crippen molar-refractivity contribution in [2.24, 2.45) is 5.92 Å². The van der Waals surface area contributed by atoms with E-state index in [2.05, 4.69) is 11.8 Å². The zero-order valence-electron chi connectivity index (χ0n) is 13.4. The van der Waals surface area contributed by atoms with E-state index >= 15 is 0 Å². The number of rotatable bonds is 4. The van der Waals surface area contributed by atoms with Crippen LogP contribution >= 0.6 is 0 Å². The minimum Gasteiger partial charge on any atom is -0.465 e. The summed E-state index contributed by atoms with van der Waals surface area (Å²) in [6.07, 6.45) is 0.440. The van der Waals surface area contributed by atoms with Gasteiger partial charge >= 0.3 is 6.09 Å². The Kier molecular flexibility index (Phi) is 5.63. The molecule has 0 spiro atoms. The fourth-order valence-corrected chi connectivity index (χ4v) is 3.51. The van der Waals surface area contributed by atoms with E-state index in [1.165, 1.54) is 4.90 Å². The standard InChI is InChI=1S/C15H27N3O4/c1-11-8-13(19)10-16(9-11)4-3-5-17-6-7-18(15(21)22)12(2)14(17)20/h11-13,19H,3-10H2,1-2H3,(H,21,22)/t11-,12?,13-/m0/s1. The van der Waals surface area contributed by atoms with Gasteiger partial charge in [0.15, 0.2) is 0 Å². The number of hydrogen-bond acceptors (Lipinski definition) is 4. The van der Waals surface area contributed by atoms with Crippen molar-refractivity contribution in [2.75, 3.05) is 39.3 Å². The molecule has 0 saturated carbocycles. The molecule has 22 heavy (non-hydrogen) atoms. The normalized spacial score (nSPS) is 30.7. The predicted octanol–water partition coefficient (Wildman–Crippen LogP) is 0.290. The molecule has 2 heterocycles. The fourth-order valence-electron chi connectivity index (χ4n) is 3.51. The van der Waals surface area contributed by atoms with Crippen LogP contribution in [0.1, 0.15) is 26.7 Å². The number of β-amino-alcohol motifs (C(OH)–C–C–N with tert-alkyl or cyclic N) is 1. The van der Waals surface area contributed by atoms with Gasteiger partial charge in [-0.05, 0) is 32.2 Å². The molecule has 0 aromatic carbocycles. The summed E-state index contributed by atoms with van der Waals surface area (Å²) in [6, 6.07) is -0.594. The summed E-state index contributed by atoms with van der Waals surface area (Å²) in [5.74, 6) is 0.394. The molecule has 7 heteroatoms. The lowest BCUT2D eigenvalue weighted by Crippen LogP contribution is -2.57. The number of piperazine rings is 1. The summed E-state index contributed by atoms with van der Waals surface area (Å²) in [4.78, 5) is 28.4. The molecule has 0 aromatic heterocycles. The third kappa shape index (κ3) is 4.10. The predicted molar refractivity (Wildman–Crippen MR) is 81.6 cm³/mol. The van der Waals surface area contributed by atoms with E-state index in [0.29, 0.717) is 32.1 Å². The van der Waals surface area contributed by atoms with Gasteiger partial charge in [-0.25, -0.2) is 4.79 Å². The number of piperidine rings is 1. The van der Waals surface area contributed by atoms with Gasteiger partial charge in [-0.2, -0.15) is 0 Å². The van der Waals surface area contributed by atoms with Crippen molar-refractivity contribution in [1.82, 2.24) is 14.7 Å². The number of aliphatic hydroxyl groups excluding tert-OH is 1. The highest BCUT2D eigenvalue weighted by molar-refractivity contribution is 5.86. The highest BCUT2D eigenvalue weighted by Gasteiger charge is 2.34. The van der Waals surface area contributed by atoms with Gasteiger partial charge in [-0.15, -0.1) is 0 Å². The Bertz CT molecular complexity index is 408. The molecule has 2 saturated heterocycles. The molecular formula is C15H27N3O4. The Morgan fingerprint density at radius 1 is 1.23 bits per heavy atom. The first-order chi connectivity index (χ1) is 10.4. The molecule has 3 atom stereocenters. The first-order valence-corrected chi connectivity index (χ1v) is 8.07. The second-order valence-electron chi connectivity index (χ2n) is 6.59. The highest BCUT2D eigenvalue weighted by atomic mass is 16.4. The Morgan fingerprint density at radius 2 is 1.95 bits per heavy atom. The van der Waals surface area contributed by atoms with E-state index in [0.717, 1.165) is 25.9 Å². The van der Waals surface area contributed by atoms with E-state index in [1.807, 2.05) is 0 Å². The second-order valence-corrected chi connectivity index (χ2v) is 6.59. The number of aliphatic hydroxyl groups is 1. The molecule has 0 aliphatic carbocycles. The molecule has 2 aliphatic heterocycles. The third-order valence-electron chi connectivity index (χ3n) is 4.61. The fraction of sp³-hybridized carbons (Fsp3) is 0.867. The van der Waals surface area contributed by atoms with Crippen LogP contribution in [0.25, 0.3) is 0 Å². The molecule has 0 radical (unpaired) electrons. The van der Waals surface area contributed by atoms with Crippen molar-refractivity contribution in [3.8, 4) is 0 Å². The summed E-state index contributed by atoms with van der Waals surface area (Å²) >= 11 is 0. The van der Waals surface area contributed by atoms with Crippen LogP contribution in [-0.4, -0.2) is 88.3 Å². The first-order valence-electron chi connectivity index (χ1n) is 8.07. The van der Waals surface area contributed by atoms with Crippen molar-refractivity contribution in [2.45, 2.75) is 38.8 Å². The molecule has 0 bridgehead atoms. The van der Waals surface area contributed by atoms with Crippen LogP contribution in [0.5, 0.6) is 0 Å². The maximum Gasteiger partial charge on any atom is 0.408 e. The topological polar surface area (TPSA) is 84.3 Å². The number of amides is 2. The van der Waals surface area contributed by atoms with Crippen LogP contribution in [0.15, 0.2) is 0 Å². The highest BCUT2D eigenvalue weighted by Crippen LogP contribution is 2.17. The van der Waals surface area contributed by atoms with Gasteiger partial charge in [0.2, 0.25) is 5.91 Å². The second kappa shape index (κ2) is 7.28. The van der Waals surface area contributed by atoms with Crippen molar-refractivity contribution in [3.63, 3.8) is 0 Å². The first kappa shape index (κ1) is 17.0. The molecule has 0 aromatic rings. The molecule has 7 nitrogen and oxygen atoms in total. The van der Waals surface area contributed by atoms with Crippen LogP contribution in [-0.2, 0) is 4.79 Å². The lowest BCUT2D eigenvalue weighted by atomic mass is 9.98. The average molecular weight is 313 g/mol. The van der Waals surface area contributed by atoms with Crippen LogP contribution in [0, 0.1) is 5.92 Å². The zero-order valence-corrected chi connectivity index (χ0v) is 13.4. The van der Waals surface area contributed by atoms with Gasteiger partial charge in [-0.3, -0.25) is 9.69 Å². The van der Waals surface area contributed by atoms with Crippen molar-refractivity contribution >= 4 is 12.0 Å². The number of hydrogen-bond donors (Lipinski definition) is 2. The number of nitrogens with zero attached hydrogens (tertiary/aromatic N) is 3. The molecule has 2 amide bonds. The van der Waals surface area contributed by atoms with Gasteiger partial charge in [0.05, 0.1) is 6.10 Å². The molecule has 126 valence electrons. The lowest BCUT2D eigenvalue weighted by Gasteiger charge is -2.38. The van der Waals surface area contributed by atoms with Crippen molar-refractivity contribution in [1.29, 1.82) is 0 Å². The minimum absolute atomic E-state index is 0.110. The van der Waals surface area contributed by atoms with Gasteiger partial charge in [0.25, 0.3) is 0 Å². The van der Waals surface area contributed by atoms with Crippen LogP contribution in [0.4, 0.5) is 4.79 Å². The molecule has 2 N–H and O–H groups in total. The minimum atomic E-state index is -1.03. The molecular weight excluding hydrogens is 286 g/mol. The van der Waals surface area contributed by atoms with E-state index in [4.69, 9.17) is 5.11 Å². The number of carboxylic acid groups (broad SMARTS) is 1. The number of carbonyl (C=O) groups excluding carboxylic acids is 1. The van der Waals surface area contributed by atoms with E-state index in [1.54, 1.807) is 11.8 Å². The third-order valence-corrected chi connectivity index (χ3v) is 4.61. The van der Waals surface area contributed by atoms with E-state index in [-0.39, 0.29) is 12.0 Å². The SMILES string of the molecule is CC1C(=O)N(CCCN2C[C@@H](C)C[C@H](O)C2)CCN1C(=O)O. The van der Waals surface area contributed by atoms with Crippen LogP contribution < -0.4 is 0 Å². The van der Waals surface area contributed by atoms with Crippen molar-refractivity contribution in [3.05, 3.63) is 0 Å². The smallest absolute Gasteiger partial charge is 0.408 e. The quantitative estimate of drug-likeness (QED) is 0.779. The van der Waals surface area contributed by atoms with Crippen LogP contribution in [0.2, 0.25) is 0 Å². The maximum atomic E-state index is 12.2. The summed E-state index contributed by atoms with van der Waals surface area (Å²) in [5.41, 5.74) is 0. The Labute approximate surface area is 131 Å². The number of likely N-dealkylation sites (tertiary alicyclic amines) is 1. The van der Waals surface area contributed by atoms with Gasteiger partial charge in [-0.1, -0.05) is 6.92 Å². The summed E-state index contributed by atoms with van der Waals surface area (Å²) < 4.78 is 0. The van der Waals surface area contributed by atoms with Crippen LogP contribution in [0.3, 0.4) is 0 Å². The van der Waals surface area contributed by atoms with Gasteiger partial charge in [0.1, 0.15) is 6.04 Å². The summed E-state index contributed by atoms with van der Waals surface area (Å²) in [5, 5.41) is 18.8. The monoisotopic (exact) mass is 313 g/mol. The molecule has 1 unspecified atom stereocenters. The van der Waals surface area contributed by atoms with Crippen molar-refractivity contribution < 1.29 is 19.8 Å². The largest absolute Gasteiger partial charge is 0.465 e. The Balaban J connectivity index is 1.75. The molecule has 2 rings (SSSR count). The average Bonchev–Trinajstić information content (AvgIpc) is 2.42. The summed E-state index contributed by atoms with van der Waals surface area (Å²) in [7, 11) is 0. The Hall–Kier alpha value is -1.34. The van der Waals surface area contributed by atoms with E-state index in [9.17, 15) is 14.7 Å². The van der Waals surface area contributed by atoms with Gasteiger partial charge < -0.3 is 20.0 Å². The zero-order chi connectivity index (χ0) is 16.3. The molecule has 2 fully saturated rings.